The normalized spacial score (nSPS) is 22.0. The summed E-state index contributed by atoms with van der Waals surface area (Å²) in [7, 11) is 0. The number of aryl methyl sites for hydroxylation is 1. The van der Waals surface area contributed by atoms with Gasteiger partial charge in [0.05, 0.1) is 6.54 Å². The average molecular weight is 402 g/mol. The average Bonchev–Trinajstić information content (AvgIpc) is 3.20. The number of amides is 2. The number of hydrogen-bond donors (Lipinski definition) is 0. The maximum atomic E-state index is 12.6. The fraction of sp³-hybridized carbons (Fsp3) is 0.636. The molecule has 2 saturated heterocycles. The zero-order valence-electron chi connectivity index (χ0n) is 17.3. The van der Waals surface area contributed by atoms with Gasteiger partial charge in [-0.1, -0.05) is 6.07 Å². The SMILES string of the molecule is C[C@H]1CCCCN1C(=O)CN1CCN(C(=O)CCc2ccc3c(c2)OCO3)CC1. The predicted octanol–water partition coefficient (Wildman–Crippen LogP) is 1.89. The lowest BCUT2D eigenvalue weighted by Gasteiger charge is -2.38. The number of piperidine rings is 1. The van der Waals surface area contributed by atoms with E-state index in [1.807, 2.05) is 28.0 Å². The van der Waals surface area contributed by atoms with E-state index in [2.05, 4.69) is 11.8 Å². The van der Waals surface area contributed by atoms with E-state index in [-0.39, 0.29) is 18.6 Å². The third-order valence-electron chi connectivity index (χ3n) is 6.27. The molecule has 3 aliphatic heterocycles. The van der Waals surface area contributed by atoms with Crippen molar-refractivity contribution in [2.24, 2.45) is 0 Å². The summed E-state index contributed by atoms with van der Waals surface area (Å²) >= 11 is 0. The molecule has 2 fully saturated rings. The minimum absolute atomic E-state index is 0.179. The van der Waals surface area contributed by atoms with Crippen LogP contribution in [0.2, 0.25) is 0 Å². The molecule has 0 aliphatic carbocycles. The fourth-order valence-corrected chi connectivity index (χ4v) is 4.41. The Hall–Kier alpha value is -2.28. The smallest absolute Gasteiger partial charge is 0.236 e. The molecule has 1 aromatic carbocycles. The molecule has 0 bridgehead atoms. The number of rotatable bonds is 5. The molecule has 2 amide bonds. The monoisotopic (exact) mass is 401 g/mol. The Morgan fingerprint density at radius 3 is 2.59 bits per heavy atom. The number of benzene rings is 1. The van der Waals surface area contributed by atoms with Gasteiger partial charge in [-0.2, -0.15) is 0 Å². The van der Waals surface area contributed by atoms with Gasteiger partial charge in [-0.25, -0.2) is 0 Å². The zero-order valence-corrected chi connectivity index (χ0v) is 17.3. The number of ether oxygens (including phenoxy) is 2. The van der Waals surface area contributed by atoms with Crippen LogP contribution in [-0.4, -0.2) is 78.6 Å². The van der Waals surface area contributed by atoms with Crippen LogP contribution in [0.3, 0.4) is 0 Å². The highest BCUT2D eigenvalue weighted by Crippen LogP contribution is 2.32. The minimum atomic E-state index is 0.179. The minimum Gasteiger partial charge on any atom is -0.454 e. The van der Waals surface area contributed by atoms with Crippen molar-refractivity contribution >= 4 is 11.8 Å². The Bertz CT molecular complexity index is 746. The topological polar surface area (TPSA) is 62.3 Å². The number of hydrogen-bond acceptors (Lipinski definition) is 5. The maximum absolute atomic E-state index is 12.6. The summed E-state index contributed by atoms with van der Waals surface area (Å²) in [6.07, 6.45) is 4.63. The van der Waals surface area contributed by atoms with Crippen LogP contribution in [0.4, 0.5) is 0 Å². The van der Waals surface area contributed by atoms with E-state index < -0.39 is 0 Å². The van der Waals surface area contributed by atoms with Crippen molar-refractivity contribution in [2.75, 3.05) is 46.1 Å². The van der Waals surface area contributed by atoms with E-state index in [9.17, 15) is 9.59 Å². The summed E-state index contributed by atoms with van der Waals surface area (Å²) in [4.78, 5) is 31.4. The lowest BCUT2D eigenvalue weighted by molar-refractivity contribution is -0.137. The van der Waals surface area contributed by atoms with Crippen LogP contribution in [0, 0.1) is 0 Å². The molecule has 0 aromatic heterocycles. The van der Waals surface area contributed by atoms with Crippen molar-refractivity contribution in [3.63, 3.8) is 0 Å². The molecule has 1 aromatic rings. The number of piperazine rings is 1. The van der Waals surface area contributed by atoms with Gasteiger partial charge in [0.1, 0.15) is 0 Å². The van der Waals surface area contributed by atoms with Gasteiger partial charge in [0.25, 0.3) is 0 Å². The van der Waals surface area contributed by atoms with Crippen molar-refractivity contribution in [2.45, 2.75) is 45.1 Å². The number of carbonyl (C=O) groups is 2. The highest BCUT2D eigenvalue weighted by molar-refractivity contribution is 5.79. The summed E-state index contributed by atoms with van der Waals surface area (Å²) in [6, 6.07) is 6.21. The van der Waals surface area contributed by atoms with E-state index >= 15 is 0 Å². The first-order valence-electron chi connectivity index (χ1n) is 10.8. The molecule has 7 heteroatoms. The largest absolute Gasteiger partial charge is 0.454 e. The van der Waals surface area contributed by atoms with Crippen molar-refractivity contribution in [3.05, 3.63) is 23.8 Å². The Morgan fingerprint density at radius 1 is 1.00 bits per heavy atom. The van der Waals surface area contributed by atoms with Gasteiger partial charge >= 0.3 is 0 Å². The summed E-state index contributed by atoms with van der Waals surface area (Å²) in [5, 5.41) is 0. The first kappa shape index (κ1) is 20.0. The van der Waals surface area contributed by atoms with Gasteiger partial charge in [-0.05, 0) is 50.3 Å². The third-order valence-corrected chi connectivity index (χ3v) is 6.27. The lowest BCUT2D eigenvalue weighted by atomic mass is 10.0. The summed E-state index contributed by atoms with van der Waals surface area (Å²) < 4.78 is 10.7. The van der Waals surface area contributed by atoms with E-state index in [1.165, 1.54) is 6.42 Å². The summed E-state index contributed by atoms with van der Waals surface area (Å²) in [5.74, 6) is 1.94. The Balaban J connectivity index is 1.20. The van der Waals surface area contributed by atoms with Crippen LogP contribution in [0.5, 0.6) is 11.5 Å². The Morgan fingerprint density at radius 2 is 1.79 bits per heavy atom. The standard InChI is InChI=1S/C22H31N3O4/c1-17-4-2-3-9-25(17)22(27)15-23-10-12-24(13-11-23)21(26)8-6-18-5-7-19-20(14-18)29-16-28-19/h5,7,14,17H,2-4,6,8-13,15-16H2,1H3/t17-/m0/s1. The first-order valence-corrected chi connectivity index (χ1v) is 10.8. The summed E-state index contributed by atoms with van der Waals surface area (Å²) in [6.45, 7) is 6.70. The second kappa shape index (κ2) is 9.03. The summed E-state index contributed by atoms with van der Waals surface area (Å²) in [5.41, 5.74) is 1.09. The van der Waals surface area contributed by atoms with Crippen LogP contribution in [0.25, 0.3) is 0 Å². The van der Waals surface area contributed by atoms with Gasteiger partial charge < -0.3 is 19.3 Å². The fourth-order valence-electron chi connectivity index (χ4n) is 4.41. The quantitative estimate of drug-likeness (QED) is 0.754. The van der Waals surface area contributed by atoms with Crippen LogP contribution in [0.15, 0.2) is 18.2 Å². The van der Waals surface area contributed by atoms with E-state index in [4.69, 9.17) is 9.47 Å². The van der Waals surface area contributed by atoms with Gasteiger partial charge in [0.2, 0.25) is 18.6 Å². The second-order valence-electron chi connectivity index (χ2n) is 8.28. The molecule has 0 radical (unpaired) electrons. The molecule has 0 N–H and O–H groups in total. The maximum Gasteiger partial charge on any atom is 0.236 e. The molecule has 158 valence electrons. The Kier molecular flexibility index (Phi) is 6.23. The number of fused-ring (bicyclic) bond motifs is 1. The second-order valence-corrected chi connectivity index (χ2v) is 8.28. The van der Waals surface area contributed by atoms with Crippen LogP contribution in [-0.2, 0) is 16.0 Å². The van der Waals surface area contributed by atoms with Gasteiger partial charge in [0, 0.05) is 45.2 Å². The van der Waals surface area contributed by atoms with Crippen LogP contribution in [0.1, 0.15) is 38.2 Å². The lowest BCUT2D eigenvalue weighted by Crippen LogP contribution is -2.53. The van der Waals surface area contributed by atoms with Crippen LogP contribution < -0.4 is 9.47 Å². The van der Waals surface area contributed by atoms with Gasteiger partial charge in [-0.3, -0.25) is 14.5 Å². The first-order chi connectivity index (χ1) is 14.1. The van der Waals surface area contributed by atoms with Crippen molar-refractivity contribution in [1.29, 1.82) is 0 Å². The number of likely N-dealkylation sites (tertiary alicyclic amines) is 1. The molecule has 7 nitrogen and oxygen atoms in total. The molecule has 3 heterocycles. The number of carbonyl (C=O) groups excluding carboxylic acids is 2. The molecule has 0 spiro atoms. The molecule has 3 aliphatic rings. The van der Waals surface area contributed by atoms with E-state index in [0.29, 0.717) is 38.5 Å². The van der Waals surface area contributed by atoms with E-state index in [1.54, 1.807) is 0 Å². The number of nitrogens with zero attached hydrogens (tertiary/aromatic N) is 3. The molecule has 1 atom stereocenters. The van der Waals surface area contributed by atoms with Crippen molar-refractivity contribution in [1.82, 2.24) is 14.7 Å². The van der Waals surface area contributed by atoms with Crippen molar-refractivity contribution in [3.8, 4) is 11.5 Å². The molecular weight excluding hydrogens is 370 g/mol. The van der Waals surface area contributed by atoms with Gasteiger partial charge in [-0.15, -0.1) is 0 Å². The third kappa shape index (κ3) is 4.83. The van der Waals surface area contributed by atoms with Crippen LogP contribution >= 0.6 is 0 Å². The van der Waals surface area contributed by atoms with Crippen molar-refractivity contribution < 1.29 is 19.1 Å². The predicted molar refractivity (Wildman–Crippen MR) is 109 cm³/mol. The molecule has 0 unspecified atom stereocenters. The highest BCUT2D eigenvalue weighted by Gasteiger charge is 2.27. The Labute approximate surface area is 172 Å². The molecule has 0 saturated carbocycles. The highest BCUT2D eigenvalue weighted by atomic mass is 16.7. The molecule has 29 heavy (non-hydrogen) atoms. The molecule has 4 rings (SSSR count). The van der Waals surface area contributed by atoms with E-state index in [0.717, 1.165) is 49.5 Å². The van der Waals surface area contributed by atoms with Gasteiger partial charge in [0.15, 0.2) is 11.5 Å². The molecular formula is C22H31N3O4. The zero-order chi connectivity index (χ0) is 20.2.